The summed E-state index contributed by atoms with van der Waals surface area (Å²) in [7, 11) is 0. The zero-order valence-corrected chi connectivity index (χ0v) is 19.1. The Bertz CT molecular complexity index is 907. The van der Waals surface area contributed by atoms with Crippen molar-refractivity contribution in [2.75, 3.05) is 0 Å². The second kappa shape index (κ2) is 5.70. The quantitative estimate of drug-likeness (QED) is 0.376. The van der Waals surface area contributed by atoms with Crippen molar-refractivity contribution in [2.45, 2.75) is 91.1 Å². The number of esters is 1. The molecular formula is C27H36O3. The van der Waals surface area contributed by atoms with Crippen molar-refractivity contribution >= 4 is 11.8 Å². The van der Waals surface area contributed by atoms with Gasteiger partial charge in [-0.2, -0.15) is 0 Å². The Morgan fingerprint density at radius 2 is 1.80 bits per heavy atom. The molecule has 1 heterocycles. The molecule has 0 bridgehead atoms. The van der Waals surface area contributed by atoms with Gasteiger partial charge in [-0.15, -0.1) is 0 Å². The van der Waals surface area contributed by atoms with Crippen molar-refractivity contribution in [3.05, 3.63) is 23.3 Å². The molecule has 0 aromatic heterocycles. The van der Waals surface area contributed by atoms with Crippen LogP contribution in [-0.4, -0.2) is 17.4 Å². The van der Waals surface area contributed by atoms with Crippen LogP contribution >= 0.6 is 0 Å². The van der Waals surface area contributed by atoms with Crippen LogP contribution in [0, 0.1) is 39.9 Å². The lowest BCUT2D eigenvalue weighted by Crippen LogP contribution is -2.54. The molecule has 30 heavy (non-hydrogen) atoms. The van der Waals surface area contributed by atoms with Crippen LogP contribution in [0.4, 0.5) is 0 Å². The minimum Gasteiger partial charge on any atom is -0.458 e. The van der Waals surface area contributed by atoms with Crippen molar-refractivity contribution in [1.82, 2.24) is 0 Å². The summed E-state index contributed by atoms with van der Waals surface area (Å²) in [5, 5.41) is 0. The number of allylic oxidation sites excluding steroid dienone is 4. The molecule has 0 N–H and O–H groups in total. The van der Waals surface area contributed by atoms with E-state index in [1.54, 1.807) is 5.57 Å². The number of ketones is 1. The number of carbonyl (C=O) groups is 2. The predicted octanol–water partition coefficient (Wildman–Crippen LogP) is 5.79. The molecule has 1 saturated heterocycles. The maximum atomic E-state index is 12.3. The minimum absolute atomic E-state index is 0.0348. The van der Waals surface area contributed by atoms with Gasteiger partial charge in [0.25, 0.3) is 0 Å². The summed E-state index contributed by atoms with van der Waals surface area (Å²) in [4.78, 5) is 24.5. The first-order valence-electron chi connectivity index (χ1n) is 12.5. The lowest BCUT2D eigenvalue weighted by molar-refractivity contribution is -0.166. The van der Waals surface area contributed by atoms with Gasteiger partial charge in [0.2, 0.25) is 0 Å². The molecule has 3 heteroatoms. The molecule has 7 rings (SSSR count). The number of fused-ring (bicyclic) bond motifs is 10. The van der Waals surface area contributed by atoms with Gasteiger partial charge in [0.15, 0.2) is 5.78 Å². The van der Waals surface area contributed by atoms with Crippen LogP contribution in [0.2, 0.25) is 0 Å². The molecule has 7 atom stereocenters. The van der Waals surface area contributed by atoms with Gasteiger partial charge in [-0.25, -0.2) is 0 Å². The first kappa shape index (κ1) is 19.3. The Balaban J connectivity index is 0.000000852. The zero-order chi connectivity index (χ0) is 21.1. The van der Waals surface area contributed by atoms with Gasteiger partial charge >= 0.3 is 5.97 Å². The number of hydrogen-bond donors (Lipinski definition) is 0. The van der Waals surface area contributed by atoms with E-state index in [2.05, 4.69) is 26.0 Å². The van der Waals surface area contributed by atoms with Crippen molar-refractivity contribution < 1.29 is 14.3 Å². The number of carbonyl (C=O) groups excluding carboxylic acids is 2. The Kier molecular flexibility index (Phi) is 3.67. The van der Waals surface area contributed by atoms with E-state index in [9.17, 15) is 9.59 Å². The van der Waals surface area contributed by atoms with Gasteiger partial charge < -0.3 is 4.74 Å². The lowest BCUT2D eigenvalue weighted by Gasteiger charge is -2.58. The SMILES string of the molecule is CC.C[C@]12CCC(=O)C=C1C1(CC1)CC1C2=CC[C@@]2(C)C1C1CC1C21CCC(=O)O1. The molecule has 0 radical (unpaired) electrons. The average Bonchev–Trinajstić information content (AvgIpc) is 3.63. The highest BCUT2D eigenvalue weighted by atomic mass is 16.6. The number of ether oxygens (including phenoxy) is 1. The van der Waals surface area contributed by atoms with Gasteiger partial charge in [-0.3, -0.25) is 9.59 Å². The highest BCUT2D eigenvalue weighted by Gasteiger charge is 2.79. The summed E-state index contributed by atoms with van der Waals surface area (Å²) < 4.78 is 6.21. The van der Waals surface area contributed by atoms with E-state index in [4.69, 9.17) is 4.74 Å². The van der Waals surface area contributed by atoms with Gasteiger partial charge in [0, 0.05) is 29.6 Å². The fourth-order valence-corrected chi connectivity index (χ4v) is 9.27. The van der Waals surface area contributed by atoms with Crippen LogP contribution in [0.25, 0.3) is 0 Å². The zero-order valence-electron chi connectivity index (χ0n) is 19.1. The van der Waals surface area contributed by atoms with Crippen LogP contribution in [0.5, 0.6) is 0 Å². The second-order valence-electron chi connectivity index (χ2n) is 11.6. The molecule has 4 saturated carbocycles. The number of hydrogen-bond acceptors (Lipinski definition) is 3. The van der Waals surface area contributed by atoms with E-state index >= 15 is 0 Å². The van der Waals surface area contributed by atoms with Crippen LogP contribution in [0.1, 0.15) is 85.5 Å². The van der Waals surface area contributed by atoms with Crippen LogP contribution in [0.3, 0.4) is 0 Å². The van der Waals surface area contributed by atoms with E-state index < -0.39 is 0 Å². The molecule has 6 aliphatic carbocycles. The van der Waals surface area contributed by atoms with Crippen LogP contribution < -0.4 is 0 Å². The molecule has 0 aromatic rings. The summed E-state index contributed by atoms with van der Waals surface area (Å²) >= 11 is 0. The molecular weight excluding hydrogens is 372 g/mol. The standard InChI is InChI=1S/C25H30O3.C2H6/c1-22-6-3-14(26)11-19(22)24(9-10-24)13-16-17(22)4-7-23(2)21(16)15-12-18(15)25(23)8-5-20(27)28-25;1-2/h4,11,15-16,18,21H,3,5-10,12-13H2,1-2H3;1-2H3/t15?,16?,18?,21?,22-,23+,25?;/m1./s1. The third kappa shape index (κ3) is 2.04. The van der Waals surface area contributed by atoms with E-state index in [-0.39, 0.29) is 22.4 Å². The summed E-state index contributed by atoms with van der Waals surface area (Å²) in [6.07, 6.45) is 14.0. The van der Waals surface area contributed by atoms with Gasteiger partial charge in [0.1, 0.15) is 5.60 Å². The first-order valence-corrected chi connectivity index (χ1v) is 12.5. The minimum atomic E-state index is -0.183. The van der Waals surface area contributed by atoms with E-state index in [0.717, 1.165) is 25.2 Å². The summed E-state index contributed by atoms with van der Waals surface area (Å²) in [5.74, 6) is 3.03. The largest absolute Gasteiger partial charge is 0.458 e. The van der Waals surface area contributed by atoms with Crippen molar-refractivity contribution in [1.29, 1.82) is 0 Å². The highest BCUT2D eigenvalue weighted by molar-refractivity contribution is 5.92. The molecule has 2 spiro atoms. The van der Waals surface area contributed by atoms with Crippen molar-refractivity contribution in [3.63, 3.8) is 0 Å². The van der Waals surface area contributed by atoms with E-state index in [0.29, 0.717) is 41.8 Å². The van der Waals surface area contributed by atoms with Crippen molar-refractivity contribution in [3.8, 4) is 0 Å². The predicted molar refractivity (Wildman–Crippen MR) is 116 cm³/mol. The Hall–Kier alpha value is -1.38. The topological polar surface area (TPSA) is 43.4 Å². The molecule has 5 fully saturated rings. The summed E-state index contributed by atoms with van der Waals surface area (Å²) in [6, 6.07) is 0. The van der Waals surface area contributed by atoms with Gasteiger partial charge in [-0.05, 0) is 74.2 Å². The Morgan fingerprint density at radius 3 is 2.47 bits per heavy atom. The lowest BCUT2D eigenvalue weighted by atomic mass is 9.47. The smallest absolute Gasteiger partial charge is 0.306 e. The van der Waals surface area contributed by atoms with Crippen LogP contribution in [-0.2, 0) is 14.3 Å². The van der Waals surface area contributed by atoms with E-state index in [1.165, 1.54) is 31.3 Å². The normalized spacial score (nSPS) is 50.9. The molecule has 7 aliphatic rings. The maximum absolute atomic E-state index is 12.3. The third-order valence-electron chi connectivity index (χ3n) is 10.6. The Morgan fingerprint density at radius 1 is 1.03 bits per heavy atom. The first-order chi connectivity index (χ1) is 14.3. The van der Waals surface area contributed by atoms with E-state index in [1.807, 2.05) is 13.8 Å². The molecule has 0 amide bonds. The second-order valence-corrected chi connectivity index (χ2v) is 11.6. The molecule has 5 unspecified atom stereocenters. The number of rotatable bonds is 0. The molecule has 3 nitrogen and oxygen atoms in total. The van der Waals surface area contributed by atoms with Gasteiger partial charge in [-0.1, -0.05) is 44.9 Å². The maximum Gasteiger partial charge on any atom is 0.306 e. The summed E-state index contributed by atoms with van der Waals surface area (Å²) in [6.45, 7) is 8.89. The molecule has 162 valence electrons. The fourth-order valence-electron chi connectivity index (χ4n) is 9.27. The fraction of sp³-hybridized carbons (Fsp3) is 0.778. The van der Waals surface area contributed by atoms with Gasteiger partial charge in [0.05, 0.1) is 0 Å². The van der Waals surface area contributed by atoms with Crippen molar-refractivity contribution in [2.24, 2.45) is 39.9 Å². The highest BCUT2D eigenvalue weighted by Crippen LogP contribution is 2.80. The molecule has 1 aliphatic heterocycles. The third-order valence-corrected chi connectivity index (χ3v) is 10.6. The summed E-state index contributed by atoms with van der Waals surface area (Å²) in [5.41, 5.74) is 3.46. The molecule has 0 aromatic carbocycles. The monoisotopic (exact) mass is 408 g/mol. The van der Waals surface area contributed by atoms with Crippen LogP contribution in [0.15, 0.2) is 23.3 Å². The Labute approximate surface area is 180 Å². The average molecular weight is 409 g/mol.